The maximum Gasteiger partial charge on any atom is 0.217 e. The zero-order valence-corrected chi connectivity index (χ0v) is 13.8. The molecule has 0 amide bonds. The van der Waals surface area contributed by atoms with Crippen LogP contribution in [0.1, 0.15) is 11.1 Å². The van der Waals surface area contributed by atoms with Gasteiger partial charge < -0.3 is 9.84 Å². The Bertz CT molecular complexity index is 829. The van der Waals surface area contributed by atoms with Crippen molar-refractivity contribution < 1.29 is 9.84 Å². The summed E-state index contributed by atoms with van der Waals surface area (Å²) >= 11 is 11.9. The lowest BCUT2D eigenvalue weighted by Crippen LogP contribution is -1.96. The van der Waals surface area contributed by atoms with Crippen LogP contribution < -0.4 is 4.74 Å². The molecular formula is C17H14Cl2N2O2. The van der Waals surface area contributed by atoms with Gasteiger partial charge in [-0.05, 0) is 35.9 Å². The number of halogens is 2. The Morgan fingerprint density at radius 1 is 1.09 bits per heavy atom. The molecule has 1 aromatic heterocycles. The summed E-state index contributed by atoms with van der Waals surface area (Å²) in [5.41, 5.74) is 2.42. The topological polar surface area (TPSA) is 47.3 Å². The average molecular weight is 349 g/mol. The van der Waals surface area contributed by atoms with Crippen LogP contribution in [0.25, 0.3) is 5.69 Å². The van der Waals surface area contributed by atoms with E-state index in [1.165, 1.54) is 4.68 Å². The molecule has 2 aromatic carbocycles. The van der Waals surface area contributed by atoms with Gasteiger partial charge in [0.05, 0.1) is 29.0 Å². The molecule has 1 heterocycles. The Hall–Kier alpha value is -2.17. The smallest absolute Gasteiger partial charge is 0.217 e. The van der Waals surface area contributed by atoms with Gasteiger partial charge in [-0.15, -0.1) is 0 Å². The first-order valence-corrected chi connectivity index (χ1v) is 7.68. The maximum atomic E-state index is 10.4. The summed E-state index contributed by atoms with van der Waals surface area (Å²) in [6.07, 6.45) is 2.21. The Morgan fingerprint density at radius 3 is 2.48 bits per heavy atom. The molecule has 0 atom stereocenters. The van der Waals surface area contributed by atoms with Crippen molar-refractivity contribution in [3.8, 4) is 17.3 Å². The first-order chi connectivity index (χ1) is 11.1. The summed E-state index contributed by atoms with van der Waals surface area (Å²) in [7, 11) is 1.63. The number of ether oxygens (including phenoxy) is 1. The molecule has 0 aliphatic heterocycles. The van der Waals surface area contributed by atoms with Crippen LogP contribution in [0.5, 0.6) is 11.6 Å². The SMILES string of the molecule is COc1ccc(Cc2cnn(-c3ccc(Cl)c(Cl)c3)c2O)cc1. The fourth-order valence-electron chi connectivity index (χ4n) is 2.27. The van der Waals surface area contributed by atoms with E-state index in [0.717, 1.165) is 16.9 Å². The van der Waals surface area contributed by atoms with E-state index in [1.54, 1.807) is 31.5 Å². The number of aromatic hydroxyl groups is 1. The van der Waals surface area contributed by atoms with E-state index in [1.807, 2.05) is 24.3 Å². The summed E-state index contributed by atoms with van der Waals surface area (Å²) in [6, 6.07) is 12.8. The Kier molecular flexibility index (Phi) is 4.46. The van der Waals surface area contributed by atoms with Gasteiger partial charge in [-0.25, -0.2) is 4.68 Å². The highest BCUT2D eigenvalue weighted by molar-refractivity contribution is 6.42. The molecule has 118 valence electrons. The zero-order valence-electron chi connectivity index (χ0n) is 12.3. The number of rotatable bonds is 4. The van der Waals surface area contributed by atoms with Crippen molar-refractivity contribution in [3.63, 3.8) is 0 Å². The minimum atomic E-state index is 0.0826. The molecule has 0 aliphatic rings. The van der Waals surface area contributed by atoms with Crippen LogP contribution in [0.15, 0.2) is 48.7 Å². The molecule has 4 nitrogen and oxygen atoms in total. The number of nitrogens with zero attached hydrogens (tertiary/aromatic N) is 2. The molecule has 0 aliphatic carbocycles. The quantitative estimate of drug-likeness (QED) is 0.755. The molecule has 0 unspecified atom stereocenters. The summed E-state index contributed by atoms with van der Waals surface area (Å²) in [6.45, 7) is 0. The van der Waals surface area contributed by atoms with Crippen LogP contribution in [-0.2, 0) is 6.42 Å². The van der Waals surface area contributed by atoms with Crippen molar-refractivity contribution >= 4 is 23.2 Å². The highest BCUT2D eigenvalue weighted by Crippen LogP contribution is 2.28. The third-order valence-corrected chi connectivity index (χ3v) is 4.26. The van der Waals surface area contributed by atoms with Gasteiger partial charge in [-0.2, -0.15) is 5.10 Å². The van der Waals surface area contributed by atoms with Crippen LogP contribution in [0.2, 0.25) is 10.0 Å². The lowest BCUT2D eigenvalue weighted by atomic mass is 10.1. The van der Waals surface area contributed by atoms with E-state index in [2.05, 4.69) is 5.10 Å². The van der Waals surface area contributed by atoms with Crippen LogP contribution in [-0.4, -0.2) is 22.0 Å². The number of benzene rings is 2. The number of hydrogen-bond acceptors (Lipinski definition) is 3. The molecule has 0 saturated heterocycles. The highest BCUT2D eigenvalue weighted by Gasteiger charge is 2.12. The first-order valence-electron chi connectivity index (χ1n) is 6.92. The molecular weight excluding hydrogens is 335 g/mol. The van der Waals surface area contributed by atoms with Crippen LogP contribution >= 0.6 is 23.2 Å². The van der Waals surface area contributed by atoms with Crippen molar-refractivity contribution in [1.29, 1.82) is 0 Å². The molecule has 3 rings (SSSR count). The molecule has 0 fully saturated rings. The van der Waals surface area contributed by atoms with Crippen LogP contribution in [0, 0.1) is 0 Å². The van der Waals surface area contributed by atoms with Crippen molar-refractivity contribution in [1.82, 2.24) is 9.78 Å². The fraction of sp³-hybridized carbons (Fsp3) is 0.118. The van der Waals surface area contributed by atoms with Gasteiger partial charge in [-0.3, -0.25) is 0 Å². The molecule has 1 N–H and O–H groups in total. The number of aromatic nitrogens is 2. The molecule has 6 heteroatoms. The van der Waals surface area contributed by atoms with Gasteiger partial charge in [0.1, 0.15) is 5.75 Å². The molecule has 0 bridgehead atoms. The van der Waals surface area contributed by atoms with Gasteiger partial charge in [0.15, 0.2) is 0 Å². The van der Waals surface area contributed by atoms with Gasteiger partial charge >= 0.3 is 0 Å². The fourth-order valence-corrected chi connectivity index (χ4v) is 2.56. The Morgan fingerprint density at radius 2 is 1.83 bits per heavy atom. The Balaban J connectivity index is 1.87. The normalized spacial score (nSPS) is 10.7. The average Bonchev–Trinajstić information content (AvgIpc) is 2.92. The van der Waals surface area contributed by atoms with Gasteiger partial charge in [-0.1, -0.05) is 35.3 Å². The van der Waals surface area contributed by atoms with E-state index in [4.69, 9.17) is 27.9 Å². The summed E-state index contributed by atoms with van der Waals surface area (Å²) in [5, 5.41) is 15.5. The van der Waals surface area contributed by atoms with Crippen LogP contribution in [0.4, 0.5) is 0 Å². The van der Waals surface area contributed by atoms with Crippen LogP contribution in [0.3, 0.4) is 0 Å². The highest BCUT2D eigenvalue weighted by atomic mass is 35.5. The zero-order chi connectivity index (χ0) is 16.4. The maximum absolute atomic E-state index is 10.4. The van der Waals surface area contributed by atoms with Crippen molar-refractivity contribution in [2.45, 2.75) is 6.42 Å². The van der Waals surface area contributed by atoms with Gasteiger partial charge in [0.25, 0.3) is 0 Å². The molecule has 0 spiro atoms. The second-order valence-corrected chi connectivity index (χ2v) is 5.84. The van der Waals surface area contributed by atoms with E-state index >= 15 is 0 Å². The third kappa shape index (κ3) is 3.28. The van der Waals surface area contributed by atoms with Crippen molar-refractivity contribution in [2.75, 3.05) is 7.11 Å². The first kappa shape index (κ1) is 15.7. The molecule has 3 aromatic rings. The van der Waals surface area contributed by atoms with Crippen molar-refractivity contribution in [2.24, 2.45) is 0 Å². The molecule has 0 saturated carbocycles. The summed E-state index contributed by atoms with van der Waals surface area (Å²) < 4.78 is 6.57. The monoisotopic (exact) mass is 348 g/mol. The molecule has 0 radical (unpaired) electrons. The number of methoxy groups -OCH3 is 1. The minimum absolute atomic E-state index is 0.0826. The second kappa shape index (κ2) is 6.52. The minimum Gasteiger partial charge on any atom is -0.497 e. The Labute approximate surface area is 143 Å². The lowest BCUT2D eigenvalue weighted by molar-refractivity contribution is 0.414. The predicted octanol–water partition coefficient (Wildman–Crippen LogP) is 4.48. The largest absolute Gasteiger partial charge is 0.497 e. The van der Waals surface area contributed by atoms with Gasteiger partial charge in [0.2, 0.25) is 5.88 Å². The van der Waals surface area contributed by atoms with E-state index in [9.17, 15) is 5.11 Å². The van der Waals surface area contributed by atoms with Crippen molar-refractivity contribution in [3.05, 3.63) is 69.8 Å². The van der Waals surface area contributed by atoms with E-state index < -0.39 is 0 Å². The standard InChI is InChI=1S/C17H14Cl2N2O2/c1-23-14-5-2-11(3-6-14)8-12-10-20-21(17(12)22)13-4-7-15(18)16(19)9-13/h2-7,9-10,22H,8H2,1H3. The second-order valence-electron chi connectivity index (χ2n) is 5.03. The van der Waals surface area contributed by atoms with E-state index in [0.29, 0.717) is 22.2 Å². The summed E-state index contributed by atoms with van der Waals surface area (Å²) in [5.74, 6) is 0.878. The summed E-state index contributed by atoms with van der Waals surface area (Å²) in [4.78, 5) is 0. The third-order valence-electron chi connectivity index (χ3n) is 3.52. The number of hydrogen-bond donors (Lipinski definition) is 1. The molecule has 23 heavy (non-hydrogen) atoms. The lowest BCUT2D eigenvalue weighted by Gasteiger charge is -2.06. The van der Waals surface area contributed by atoms with Gasteiger partial charge in [0, 0.05) is 12.0 Å². The predicted molar refractivity (Wildman–Crippen MR) is 91.0 cm³/mol. The van der Waals surface area contributed by atoms with E-state index in [-0.39, 0.29) is 5.88 Å².